The zero-order valence-corrected chi connectivity index (χ0v) is 8.70. The molecule has 0 heterocycles. The van der Waals surface area contributed by atoms with E-state index in [1.54, 1.807) is 0 Å². The Morgan fingerprint density at radius 1 is 1.00 bits per heavy atom. The first-order valence-electron chi connectivity index (χ1n) is 4.52. The molecule has 4 unspecified atom stereocenters. The molecule has 6 N–H and O–H groups in total. The van der Waals surface area contributed by atoms with Crippen LogP contribution in [0.5, 0.6) is 0 Å². The van der Waals surface area contributed by atoms with Crippen LogP contribution < -0.4 is 0 Å². The van der Waals surface area contributed by atoms with E-state index in [0.717, 1.165) is 0 Å². The summed E-state index contributed by atoms with van der Waals surface area (Å²) in [6.07, 6.45) is -6.75. The van der Waals surface area contributed by atoms with Gasteiger partial charge in [-0.25, -0.2) is 0 Å². The molecule has 0 rings (SSSR count). The Balaban J connectivity index is 4.58. The van der Waals surface area contributed by atoms with Gasteiger partial charge in [0.05, 0.1) is 6.61 Å². The van der Waals surface area contributed by atoms with Gasteiger partial charge < -0.3 is 30.6 Å². The van der Waals surface area contributed by atoms with Crippen LogP contribution in [-0.2, 0) is 0 Å². The second-order valence-electron chi connectivity index (χ2n) is 3.56. The van der Waals surface area contributed by atoms with Crippen LogP contribution in [0, 0.1) is 0 Å². The summed E-state index contributed by atoms with van der Waals surface area (Å²) in [5, 5.41) is 54.7. The zero-order valence-electron chi connectivity index (χ0n) is 8.70. The minimum atomic E-state index is -1.76. The van der Waals surface area contributed by atoms with Crippen molar-refractivity contribution in [1.29, 1.82) is 0 Å². The van der Waals surface area contributed by atoms with Gasteiger partial charge in [-0.05, 0) is 19.4 Å². The van der Waals surface area contributed by atoms with Crippen molar-refractivity contribution < 1.29 is 30.6 Å². The van der Waals surface area contributed by atoms with Gasteiger partial charge in [0.2, 0.25) is 0 Å². The summed E-state index contributed by atoms with van der Waals surface area (Å²) in [7, 11) is 0. The molecule has 0 aliphatic carbocycles. The van der Waals surface area contributed by atoms with Crippen molar-refractivity contribution >= 4 is 0 Å². The van der Waals surface area contributed by atoms with Crippen molar-refractivity contribution in [3.8, 4) is 0 Å². The molecule has 90 valence electrons. The van der Waals surface area contributed by atoms with Crippen molar-refractivity contribution in [2.24, 2.45) is 0 Å². The van der Waals surface area contributed by atoms with Crippen LogP contribution in [-0.4, -0.2) is 61.7 Å². The van der Waals surface area contributed by atoms with Crippen LogP contribution in [0.1, 0.15) is 13.8 Å². The molecule has 0 aromatic rings. The van der Waals surface area contributed by atoms with Gasteiger partial charge >= 0.3 is 0 Å². The van der Waals surface area contributed by atoms with E-state index in [9.17, 15) is 20.4 Å². The maximum atomic E-state index is 9.36. The first kappa shape index (κ1) is 14.3. The highest BCUT2D eigenvalue weighted by Gasteiger charge is 2.32. The van der Waals surface area contributed by atoms with E-state index in [4.69, 9.17) is 10.2 Å². The molecule has 4 atom stereocenters. The number of hydrogen-bond donors (Lipinski definition) is 6. The summed E-state index contributed by atoms with van der Waals surface area (Å²) < 4.78 is 0. The highest BCUT2D eigenvalue weighted by Crippen LogP contribution is 2.13. The van der Waals surface area contributed by atoms with Crippen molar-refractivity contribution in [3.63, 3.8) is 0 Å². The van der Waals surface area contributed by atoms with Gasteiger partial charge in [-0.2, -0.15) is 0 Å². The SMILES string of the molecule is CC(C)=C(O)C(O)C(O)C(O)C(O)CO. The molecule has 0 bridgehead atoms. The molecule has 6 nitrogen and oxygen atoms in total. The smallest absolute Gasteiger partial charge is 0.139 e. The zero-order chi connectivity index (χ0) is 12.2. The molecule has 0 spiro atoms. The lowest BCUT2D eigenvalue weighted by Gasteiger charge is -2.25. The van der Waals surface area contributed by atoms with Gasteiger partial charge in [0.25, 0.3) is 0 Å². The Hall–Kier alpha value is -0.660. The molecule has 6 heteroatoms. The first-order chi connectivity index (χ1) is 6.82. The Morgan fingerprint density at radius 3 is 1.80 bits per heavy atom. The quantitative estimate of drug-likeness (QED) is 0.308. The average Bonchev–Trinajstić information content (AvgIpc) is 2.23. The predicted molar refractivity (Wildman–Crippen MR) is 52.1 cm³/mol. The van der Waals surface area contributed by atoms with E-state index in [2.05, 4.69) is 0 Å². The van der Waals surface area contributed by atoms with Gasteiger partial charge in [-0.3, -0.25) is 0 Å². The van der Waals surface area contributed by atoms with Gasteiger partial charge in [0.1, 0.15) is 30.2 Å². The molecule has 0 radical (unpaired) electrons. The Morgan fingerprint density at radius 2 is 1.47 bits per heavy atom. The van der Waals surface area contributed by atoms with E-state index < -0.39 is 36.8 Å². The van der Waals surface area contributed by atoms with E-state index >= 15 is 0 Å². The van der Waals surface area contributed by atoms with Gasteiger partial charge in [0.15, 0.2) is 0 Å². The number of rotatable bonds is 5. The van der Waals surface area contributed by atoms with Crippen LogP contribution in [0.15, 0.2) is 11.3 Å². The fourth-order valence-electron chi connectivity index (χ4n) is 0.980. The third kappa shape index (κ3) is 3.77. The molecule has 0 saturated heterocycles. The second-order valence-corrected chi connectivity index (χ2v) is 3.56. The normalized spacial score (nSPS) is 19.1. The first-order valence-corrected chi connectivity index (χ1v) is 4.52. The molecule has 0 aromatic carbocycles. The fraction of sp³-hybridized carbons (Fsp3) is 0.778. The predicted octanol–water partition coefficient (Wildman–Crippen LogP) is -1.73. The lowest BCUT2D eigenvalue weighted by molar-refractivity contribution is -0.113. The molecule has 0 aliphatic rings. The summed E-state index contributed by atoms with van der Waals surface area (Å²) >= 11 is 0. The number of aliphatic hydroxyl groups excluding tert-OH is 6. The minimum absolute atomic E-state index is 0.382. The molecule has 15 heavy (non-hydrogen) atoms. The van der Waals surface area contributed by atoms with Crippen LogP contribution >= 0.6 is 0 Å². The monoisotopic (exact) mass is 222 g/mol. The van der Waals surface area contributed by atoms with Gasteiger partial charge in [-0.1, -0.05) is 0 Å². The lowest BCUT2D eigenvalue weighted by atomic mass is 10.0. The summed E-state index contributed by atoms with van der Waals surface area (Å²) in [6, 6.07) is 0. The van der Waals surface area contributed by atoms with E-state index in [-0.39, 0.29) is 0 Å². The highest BCUT2D eigenvalue weighted by molar-refractivity contribution is 5.09. The van der Waals surface area contributed by atoms with E-state index in [1.807, 2.05) is 0 Å². The highest BCUT2D eigenvalue weighted by atomic mass is 16.4. The van der Waals surface area contributed by atoms with Gasteiger partial charge in [0, 0.05) is 0 Å². The molecule has 0 aliphatic heterocycles. The molecule has 0 amide bonds. The van der Waals surface area contributed by atoms with Crippen molar-refractivity contribution in [1.82, 2.24) is 0 Å². The summed E-state index contributed by atoms with van der Waals surface area (Å²) in [5.41, 5.74) is 0.382. The maximum Gasteiger partial charge on any atom is 0.139 e. The van der Waals surface area contributed by atoms with Crippen LogP contribution in [0.3, 0.4) is 0 Å². The molecular weight excluding hydrogens is 204 g/mol. The number of allylic oxidation sites excluding steroid dienone is 1. The van der Waals surface area contributed by atoms with Gasteiger partial charge in [-0.15, -0.1) is 0 Å². The summed E-state index contributed by atoms with van der Waals surface area (Å²) in [5.74, 6) is -0.466. The molecule has 0 aromatic heterocycles. The molecule has 0 fully saturated rings. The fourth-order valence-corrected chi connectivity index (χ4v) is 0.980. The topological polar surface area (TPSA) is 121 Å². The van der Waals surface area contributed by atoms with E-state index in [1.165, 1.54) is 13.8 Å². The third-order valence-corrected chi connectivity index (χ3v) is 2.05. The minimum Gasteiger partial charge on any atom is -0.510 e. The summed E-state index contributed by atoms with van der Waals surface area (Å²) in [4.78, 5) is 0. The van der Waals surface area contributed by atoms with Crippen LogP contribution in [0.25, 0.3) is 0 Å². The van der Waals surface area contributed by atoms with E-state index in [0.29, 0.717) is 5.57 Å². The second kappa shape index (κ2) is 6.04. The maximum absolute atomic E-state index is 9.36. The summed E-state index contributed by atoms with van der Waals surface area (Å²) in [6.45, 7) is 2.28. The third-order valence-electron chi connectivity index (χ3n) is 2.05. The Kier molecular flexibility index (Phi) is 5.77. The lowest BCUT2D eigenvalue weighted by Crippen LogP contribution is -2.46. The Labute approximate surface area is 87.7 Å². The Bertz CT molecular complexity index is 223. The van der Waals surface area contributed by atoms with Crippen LogP contribution in [0.4, 0.5) is 0 Å². The largest absolute Gasteiger partial charge is 0.510 e. The van der Waals surface area contributed by atoms with Crippen molar-refractivity contribution in [2.45, 2.75) is 38.3 Å². The molecule has 0 saturated carbocycles. The van der Waals surface area contributed by atoms with Crippen LogP contribution in [0.2, 0.25) is 0 Å². The average molecular weight is 222 g/mol. The van der Waals surface area contributed by atoms with Crippen molar-refractivity contribution in [2.75, 3.05) is 6.61 Å². The molecular formula is C9H18O6. The number of aliphatic hydroxyl groups is 6. The van der Waals surface area contributed by atoms with Crippen molar-refractivity contribution in [3.05, 3.63) is 11.3 Å². The standard InChI is InChI=1S/C9H18O6/c1-4(2)6(12)8(14)9(15)7(13)5(11)3-10/h5,7-15H,3H2,1-2H3. The number of hydrogen-bond acceptors (Lipinski definition) is 6.